The zero-order chi connectivity index (χ0) is 10.5. The Hall–Kier alpha value is -1.46. The van der Waals surface area contributed by atoms with Crippen LogP contribution in [-0.2, 0) is 5.54 Å². The summed E-state index contributed by atoms with van der Waals surface area (Å²) in [6, 6.07) is 3.70. The van der Waals surface area contributed by atoms with Gasteiger partial charge in [-0.3, -0.25) is 0 Å². The zero-order valence-electron chi connectivity index (χ0n) is 8.17. The largest absolute Gasteiger partial charge is 0.393 e. The van der Waals surface area contributed by atoms with Gasteiger partial charge in [0.1, 0.15) is 0 Å². The van der Waals surface area contributed by atoms with Crippen LogP contribution in [0.1, 0.15) is 18.5 Å². The molecule has 5 heteroatoms. The summed E-state index contributed by atoms with van der Waals surface area (Å²) < 4.78 is 1.70. The van der Waals surface area contributed by atoms with Gasteiger partial charge in [0.15, 0.2) is 5.65 Å². The van der Waals surface area contributed by atoms with Gasteiger partial charge in [-0.2, -0.15) is 5.10 Å². The first-order chi connectivity index (χ1) is 7.17. The second kappa shape index (κ2) is 2.77. The Balaban J connectivity index is 2.05. The standard InChI is InChI=1S/C10H12N4O/c11-10(5-7(15)6-10)8-4-9-12-2-1-3-14(9)13-8/h1-4,7,15H,5-6,11H2. The number of nitrogens with zero attached hydrogens (tertiary/aromatic N) is 3. The molecule has 2 heterocycles. The molecule has 0 radical (unpaired) electrons. The molecule has 3 N–H and O–H groups in total. The molecule has 0 bridgehead atoms. The van der Waals surface area contributed by atoms with E-state index in [9.17, 15) is 5.11 Å². The smallest absolute Gasteiger partial charge is 0.155 e. The predicted molar refractivity (Wildman–Crippen MR) is 54.1 cm³/mol. The number of nitrogens with two attached hydrogens (primary N) is 1. The minimum atomic E-state index is -0.465. The highest BCUT2D eigenvalue weighted by Gasteiger charge is 2.43. The highest BCUT2D eigenvalue weighted by Crippen LogP contribution is 2.38. The molecule has 0 spiro atoms. The van der Waals surface area contributed by atoms with Crippen LogP contribution in [0.3, 0.4) is 0 Å². The number of hydrogen-bond acceptors (Lipinski definition) is 4. The van der Waals surface area contributed by atoms with Gasteiger partial charge < -0.3 is 10.8 Å². The van der Waals surface area contributed by atoms with E-state index >= 15 is 0 Å². The Kier molecular flexibility index (Phi) is 1.63. The summed E-state index contributed by atoms with van der Waals surface area (Å²) in [5.74, 6) is 0. The first-order valence-corrected chi connectivity index (χ1v) is 4.95. The fourth-order valence-electron chi connectivity index (χ4n) is 2.06. The molecule has 78 valence electrons. The van der Waals surface area contributed by atoms with Crippen molar-refractivity contribution in [2.24, 2.45) is 5.73 Å². The van der Waals surface area contributed by atoms with Crippen LogP contribution in [0.15, 0.2) is 24.5 Å². The third-order valence-corrected chi connectivity index (χ3v) is 2.95. The summed E-state index contributed by atoms with van der Waals surface area (Å²) in [5, 5.41) is 13.6. The van der Waals surface area contributed by atoms with Crippen LogP contribution < -0.4 is 5.73 Å². The van der Waals surface area contributed by atoms with Crippen LogP contribution in [0.2, 0.25) is 0 Å². The molecule has 0 atom stereocenters. The molecule has 5 nitrogen and oxygen atoms in total. The van der Waals surface area contributed by atoms with Crippen molar-refractivity contribution in [2.45, 2.75) is 24.5 Å². The van der Waals surface area contributed by atoms with E-state index in [0.717, 1.165) is 11.3 Å². The Morgan fingerprint density at radius 3 is 3.00 bits per heavy atom. The SMILES string of the molecule is NC1(c2cc3ncccn3n2)CC(O)C1. The molecule has 1 aliphatic carbocycles. The molecule has 3 rings (SSSR count). The van der Waals surface area contributed by atoms with Crippen molar-refractivity contribution in [2.75, 3.05) is 0 Å². The van der Waals surface area contributed by atoms with Crippen molar-refractivity contribution in [1.29, 1.82) is 0 Å². The van der Waals surface area contributed by atoms with Gasteiger partial charge in [-0.25, -0.2) is 9.50 Å². The molecular formula is C10H12N4O. The topological polar surface area (TPSA) is 76.4 Å². The molecule has 0 aromatic carbocycles. The van der Waals surface area contributed by atoms with Gasteiger partial charge >= 0.3 is 0 Å². The number of aliphatic hydroxyl groups is 1. The van der Waals surface area contributed by atoms with Crippen LogP contribution in [0.25, 0.3) is 5.65 Å². The van der Waals surface area contributed by atoms with E-state index in [4.69, 9.17) is 5.73 Å². The summed E-state index contributed by atoms with van der Waals surface area (Å²) in [4.78, 5) is 4.18. The lowest BCUT2D eigenvalue weighted by molar-refractivity contribution is 0.0187. The molecule has 1 fully saturated rings. The number of fused-ring (bicyclic) bond motifs is 1. The van der Waals surface area contributed by atoms with Crippen molar-refractivity contribution in [1.82, 2.24) is 14.6 Å². The van der Waals surface area contributed by atoms with Crippen molar-refractivity contribution in [3.8, 4) is 0 Å². The van der Waals surface area contributed by atoms with Gasteiger partial charge in [-0.15, -0.1) is 0 Å². The van der Waals surface area contributed by atoms with E-state index in [1.807, 2.05) is 18.3 Å². The van der Waals surface area contributed by atoms with Gasteiger partial charge in [-0.05, 0) is 18.9 Å². The van der Waals surface area contributed by atoms with Gasteiger partial charge in [0, 0.05) is 18.5 Å². The minimum Gasteiger partial charge on any atom is -0.393 e. The molecule has 0 aliphatic heterocycles. The number of aromatic nitrogens is 3. The van der Waals surface area contributed by atoms with E-state index < -0.39 is 5.54 Å². The highest BCUT2D eigenvalue weighted by molar-refractivity contribution is 5.41. The number of aliphatic hydroxyl groups excluding tert-OH is 1. The Morgan fingerprint density at radius 1 is 1.53 bits per heavy atom. The lowest BCUT2D eigenvalue weighted by Gasteiger charge is -2.40. The van der Waals surface area contributed by atoms with Crippen LogP contribution >= 0.6 is 0 Å². The minimum absolute atomic E-state index is 0.284. The van der Waals surface area contributed by atoms with E-state index in [1.165, 1.54) is 0 Å². The summed E-state index contributed by atoms with van der Waals surface area (Å²) in [7, 11) is 0. The molecule has 1 saturated carbocycles. The van der Waals surface area contributed by atoms with E-state index in [1.54, 1.807) is 10.7 Å². The van der Waals surface area contributed by atoms with Gasteiger partial charge in [0.05, 0.1) is 17.3 Å². The van der Waals surface area contributed by atoms with Crippen molar-refractivity contribution >= 4 is 5.65 Å². The Bertz CT molecular complexity index is 468. The van der Waals surface area contributed by atoms with Crippen molar-refractivity contribution in [3.05, 3.63) is 30.2 Å². The number of hydrogen-bond donors (Lipinski definition) is 2. The highest BCUT2D eigenvalue weighted by atomic mass is 16.3. The molecule has 15 heavy (non-hydrogen) atoms. The predicted octanol–water partition coefficient (Wildman–Crippen LogP) is 0.0380. The summed E-state index contributed by atoms with van der Waals surface area (Å²) in [6.45, 7) is 0. The molecule has 0 unspecified atom stereocenters. The van der Waals surface area contributed by atoms with Gasteiger partial charge in [0.25, 0.3) is 0 Å². The molecular weight excluding hydrogens is 192 g/mol. The number of rotatable bonds is 1. The van der Waals surface area contributed by atoms with Crippen molar-refractivity contribution in [3.63, 3.8) is 0 Å². The summed E-state index contributed by atoms with van der Waals surface area (Å²) >= 11 is 0. The lowest BCUT2D eigenvalue weighted by atomic mass is 9.73. The van der Waals surface area contributed by atoms with Crippen molar-refractivity contribution < 1.29 is 5.11 Å². The maximum atomic E-state index is 9.29. The quantitative estimate of drug-likeness (QED) is 0.687. The maximum absolute atomic E-state index is 9.29. The Morgan fingerprint density at radius 2 is 2.33 bits per heavy atom. The summed E-state index contributed by atoms with van der Waals surface area (Å²) in [5.41, 5.74) is 7.25. The monoisotopic (exact) mass is 204 g/mol. The normalized spacial score (nSPS) is 30.4. The third-order valence-electron chi connectivity index (χ3n) is 2.95. The van der Waals surface area contributed by atoms with Gasteiger partial charge in [-0.1, -0.05) is 0 Å². The third kappa shape index (κ3) is 1.24. The van der Waals surface area contributed by atoms with Crippen LogP contribution in [0.5, 0.6) is 0 Å². The van der Waals surface area contributed by atoms with E-state index in [-0.39, 0.29) is 6.10 Å². The molecule has 0 amide bonds. The first kappa shape index (κ1) is 8.82. The van der Waals surface area contributed by atoms with Crippen LogP contribution in [-0.4, -0.2) is 25.8 Å². The molecule has 2 aromatic heterocycles. The summed E-state index contributed by atoms with van der Waals surface area (Å²) in [6.07, 6.45) is 4.44. The van der Waals surface area contributed by atoms with Crippen LogP contribution in [0.4, 0.5) is 0 Å². The fraction of sp³-hybridized carbons (Fsp3) is 0.400. The molecule has 1 aliphatic rings. The van der Waals surface area contributed by atoms with Gasteiger partial charge in [0.2, 0.25) is 0 Å². The van der Waals surface area contributed by atoms with Crippen LogP contribution in [0, 0.1) is 0 Å². The van der Waals surface area contributed by atoms with E-state index in [2.05, 4.69) is 10.1 Å². The second-order valence-electron chi connectivity index (χ2n) is 4.17. The average molecular weight is 204 g/mol. The maximum Gasteiger partial charge on any atom is 0.155 e. The molecule has 0 saturated heterocycles. The zero-order valence-corrected chi connectivity index (χ0v) is 8.17. The fourth-order valence-corrected chi connectivity index (χ4v) is 2.06. The lowest BCUT2D eigenvalue weighted by Crippen LogP contribution is -2.51. The van der Waals surface area contributed by atoms with E-state index in [0.29, 0.717) is 12.8 Å². The molecule has 2 aromatic rings. The first-order valence-electron chi connectivity index (χ1n) is 4.95. The Labute approximate surface area is 86.5 Å². The second-order valence-corrected chi connectivity index (χ2v) is 4.17. The average Bonchev–Trinajstić information content (AvgIpc) is 2.59.